The Kier molecular flexibility index (Phi) is 5.11. The van der Waals surface area contributed by atoms with Gasteiger partial charge in [-0.05, 0) is 30.0 Å². The highest BCUT2D eigenvalue weighted by Crippen LogP contribution is 2.34. The third kappa shape index (κ3) is 3.63. The second kappa shape index (κ2) is 6.62. The Labute approximate surface area is 127 Å². The van der Waals surface area contributed by atoms with Crippen molar-refractivity contribution in [1.29, 1.82) is 0 Å². The summed E-state index contributed by atoms with van der Waals surface area (Å²) in [6.07, 6.45) is 0.613. The predicted octanol–water partition coefficient (Wildman–Crippen LogP) is 4.91. The van der Waals surface area contributed by atoms with E-state index in [2.05, 4.69) is 0 Å². The normalized spacial score (nSPS) is 14.1. The van der Waals surface area contributed by atoms with Crippen LogP contribution in [0, 0.1) is 0 Å². The van der Waals surface area contributed by atoms with Gasteiger partial charge in [0.05, 0.1) is 5.02 Å². The second-order valence-electron chi connectivity index (χ2n) is 4.20. The molecule has 0 fully saturated rings. The van der Waals surface area contributed by atoms with Gasteiger partial charge in [-0.15, -0.1) is 11.3 Å². The highest BCUT2D eigenvalue weighted by atomic mass is 35.5. The summed E-state index contributed by atoms with van der Waals surface area (Å²) >= 11 is 13.7. The Balaban J connectivity index is 2.28. The van der Waals surface area contributed by atoms with Crippen LogP contribution in [0.5, 0.6) is 5.75 Å². The number of rotatable bonds is 5. The molecule has 2 rings (SSSR count). The molecule has 0 aliphatic heterocycles. The van der Waals surface area contributed by atoms with Crippen LogP contribution in [0.1, 0.15) is 24.3 Å². The number of nitrogens with two attached hydrogens (primary N) is 1. The lowest BCUT2D eigenvalue weighted by atomic mass is 10.1. The molecule has 5 heteroatoms. The number of thiophene rings is 1. The van der Waals surface area contributed by atoms with Crippen LogP contribution in [0.4, 0.5) is 0 Å². The standard InChI is InChI=1S/C14H15Cl2NOS/c1-2-11(17)14(13-4-3-7-19-13)18-12-8-9(15)5-6-10(12)16/h3-8,11,14H,2,17H2,1H3. The summed E-state index contributed by atoms with van der Waals surface area (Å²) in [6.45, 7) is 2.04. The molecule has 0 aliphatic carbocycles. The first-order chi connectivity index (χ1) is 9.11. The molecule has 0 saturated carbocycles. The van der Waals surface area contributed by atoms with Gasteiger partial charge in [-0.2, -0.15) is 0 Å². The van der Waals surface area contributed by atoms with E-state index >= 15 is 0 Å². The van der Waals surface area contributed by atoms with E-state index in [1.54, 1.807) is 29.5 Å². The van der Waals surface area contributed by atoms with Gasteiger partial charge in [-0.25, -0.2) is 0 Å². The number of ether oxygens (including phenoxy) is 1. The highest BCUT2D eigenvalue weighted by molar-refractivity contribution is 7.10. The van der Waals surface area contributed by atoms with Gasteiger partial charge in [-0.3, -0.25) is 0 Å². The van der Waals surface area contributed by atoms with Crippen LogP contribution in [0.15, 0.2) is 35.7 Å². The van der Waals surface area contributed by atoms with E-state index in [1.807, 2.05) is 24.4 Å². The molecule has 1 aromatic carbocycles. The first-order valence-corrected chi connectivity index (χ1v) is 7.66. The summed E-state index contributed by atoms with van der Waals surface area (Å²) in [6, 6.07) is 9.08. The highest BCUT2D eigenvalue weighted by Gasteiger charge is 2.22. The third-order valence-electron chi connectivity index (χ3n) is 2.83. The van der Waals surface area contributed by atoms with Gasteiger partial charge >= 0.3 is 0 Å². The van der Waals surface area contributed by atoms with Gasteiger partial charge in [0.1, 0.15) is 11.9 Å². The van der Waals surface area contributed by atoms with Gasteiger partial charge in [-0.1, -0.05) is 36.2 Å². The molecule has 0 bridgehead atoms. The second-order valence-corrected chi connectivity index (χ2v) is 6.02. The zero-order valence-corrected chi connectivity index (χ0v) is 12.8. The van der Waals surface area contributed by atoms with Gasteiger partial charge in [0.25, 0.3) is 0 Å². The van der Waals surface area contributed by atoms with Crippen molar-refractivity contribution >= 4 is 34.5 Å². The van der Waals surface area contributed by atoms with Crippen molar-refractivity contribution in [2.45, 2.75) is 25.5 Å². The lowest BCUT2D eigenvalue weighted by Gasteiger charge is -2.24. The molecular formula is C14H15Cl2NOS. The largest absolute Gasteiger partial charge is 0.482 e. The van der Waals surface area contributed by atoms with Crippen LogP contribution in [-0.4, -0.2) is 6.04 Å². The van der Waals surface area contributed by atoms with Crippen LogP contribution in [0.3, 0.4) is 0 Å². The maximum atomic E-state index is 6.15. The van der Waals surface area contributed by atoms with Crippen LogP contribution < -0.4 is 10.5 Å². The summed E-state index contributed by atoms with van der Waals surface area (Å²) in [5.41, 5.74) is 6.15. The van der Waals surface area contributed by atoms with E-state index in [0.717, 1.165) is 11.3 Å². The van der Waals surface area contributed by atoms with Crippen LogP contribution in [0.25, 0.3) is 0 Å². The maximum absolute atomic E-state index is 6.15. The third-order valence-corrected chi connectivity index (χ3v) is 4.31. The van der Waals surface area contributed by atoms with Crippen molar-refractivity contribution < 1.29 is 4.74 Å². The SMILES string of the molecule is CCC(N)C(Oc1cc(Cl)ccc1Cl)c1cccs1. The van der Waals surface area contributed by atoms with Crippen LogP contribution in [-0.2, 0) is 0 Å². The van der Waals surface area contributed by atoms with Gasteiger partial charge in [0.2, 0.25) is 0 Å². The molecule has 1 heterocycles. The van der Waals surface area contributed by atoms with E-state index in [0.29, 0.717) is 15.8 Å². The number of halogens is 2. The Morgan fingerprint density at radius 1 is 1.32 bits per heavy atom. The van der Waals surface area contributed by atoms with E-state index in [4.69, 9.17) is 33.7 Å². The first kappa shape index (κ1) is 14.7. The molecule has 19 heavy (non-hydrogen) atoms. The van der Waals surface area contributed by atoms with E-state index in [1.165, 1.54) is 0 Å². The zero-order chi connectivity index (χ0) is 13.8. The topological polar surface area (TPSA) is 35.2 Å². The van der Waals surface area contributed by atoms with Crippen molar-refractivity contribution in [3.8, 4) is 5.75 Å². The van der Waals surface area contributed by atoms with Crippen molar-refractivity contribution in [1.82, 2.24) is 0 Å². The number of benzene rings is 1. The van der Waals surface area contributed by atoms with Crippen molar-refractivity contribution in [2.24, 2.45) is 5.73 Å². The Morgan fingerprint density at radius 3 is 2.74 bits per heavy atom. The molecule has 0 saturated heterocycles. The quantitative estimate of drug-likeness (QED) is 0.850. The fourth-order valence-electron chi connectivity index (χ4n) is 1.73. The summed E-state index contributed by atoms with van der Waals surface area (Å²) in [5, 5.41) is 3.14. The molecule has 1 aromatic heterocycles. The molecule has 2 N–H and O–H groups in total. The van der Waals surface area contributed by atoms with Crippen molar-refractivity contribution in [2.75, 3.05) is 0 Å². The van der Waals surface area contributed by atoms with Gasteiger partial charge in [0, 0.05) is 22.0 Å². The Bertz CT molecular complexity index is 530. The summed E-state index contributed by atoms with van der Waals surface area (Å²) in [4.78, 5) is 1.09. The summed E-state index contributed by atoms with van der Waals surface area (Å²) in [5.74, 6) is 0.566. The molecule has 0 amide bonds. The molecular weight excluding hydrogens is 301 g/mol. The van der Waals surface area contributed by atoms with Crippen molar-refractivity contribution in [3.05, 3.63) is 50.6 Å². The molecule has 0 radical (unpaired) electrons. The smallest absolute Gasteiger partial charge is 0.148 e. The van der Waals surface area contributed by atoms with Crippen molar-refractivity contribution in [3.63, 3.8) is 0 Å². The molecule has 2 nitrogen and oxygen atoms in total. The monoisotopic (exact) mass is 315 g/mol. The maximum Gasteiger partial charge on any atom is 0.148 e. The number of hydrogen-bond acceptors (Lipinski definition) is 3. The predicted molar refractivity (Wildman–Crippen MR) is 82.4 cm³/mol. The number of hydrogen-bond donors (Lipinski definition) is 1. The fourth-order valence-corrected chi connectivity index (χ4v) is 2.88. The molecule has 2 unspecified atom stereocenters. The molecule has 102 valence electrons. The van der Waals surface area contributed by atoms with Crippen LogP contribution >= 0.6 is 34.5 Å². The fraction of sp³-hybridized carbons (Fsp3) is 0.286. The Morgan fingerprint density at radius 2 is 2.11 bits per heavy atom. The van der Waals surface area contributed by atoms with E-state index < -0.39 is 0 Å². The molecule has 0 aliphatic rings. The van der Waals surface area contributed by atoms with E-state index in [9.17, 15) is 0 Å². The van der Waals surface area contributed by atoms with Crippen LogP contribution in [0.2, 0.25) is 10.0 Å². The molecule has 2 aromatic rings. The summed E-state index contributed by atoms with van der Waals surface area (Å²) in [7, 11) is 0. The Hall–Kier alpha value is -0.740. The van der Waals surface area contributed by atoms with Gasteiger partial charge in [0.15, 0.2) is 0 Å². The zero-order valence-electron chi connectivity index (χ0n) is 10.5. The van der Waals surface area contributed by atoms with Gasteiger partial charge < -0.3 is 10.5 Å². The molecule has 2 atom stereocenters. The minimum absolute atomic E-state index is 0.0892. The van der Waals surface area contributed by atoms with E-state index in [-0.39, 0.29) is 12.1 Å². The average molecular weight is 316 g/mol. The average Bonchev–Trinajstić information content (AvgIpc) is 2.92. The molecule has 0 spiro atoms. The first-order valence-electron chi connectivity index (χ1n) is 6.02. The minimum atomic E-state index is -0.207. The lowest BCUT2D eigenvalue weighted by molar-refractivity contribution is 0.175. The lowest BCUT2D eigenvalue weighted by Crippen LogP contribution is -2.31. The minimum Gasteiger partial charge on any atom is -0.482 e. The summed E-state index contributed by atoms with van der Waals surface area (Å²) < 4.78 is 5.99.